The first-order chi connectivity index (χ1) is 10.1. The molecule has 1 heterocycles. The first-order valence-electron chi connectivity index (χ1n) is 8.68. The Bertz CT molecular complexity index is 325. The van der Waals surface area contributed by atoms with Crippen LogP contribution < -0.4 is 10.6 Å². The predicted octanol–water partition coefficient (Wildman–Crippen LogP) is 3.79. The number of hydrogen-bond acceptors (Lipinski definition) is 2. The van der Waals surface area contributed by atoms with Crippen LogP contribution in [0.15, 0.2) is 0 Å². The van der Waals surface area contributed by atoms with E-state index >= 15 is 0 Å². The molecule has 2 N–H and O–H groups in total. The van der Waals surface area contributed by atoms with Gasteiger partial charge >= 0.3 is 6.03 Å². The van der Waals surface area contributed by atoms with Crippen LogP contribution in [0.2, 0.25) is 0 Å². The summed E-state index contributed by atoms with van der Waals surface area (Å²) in [6, 6.07) is 0.420. The normalized spacial score (nSPS) is 21.4. The van der Waals surface area contributed by atoms with E-state index in [1.165, 1.54) is 0 Å². The van der Waals surface area contributed by atoms with Gasteiger partial charge in [0.1, 0.15) is 5.78 Å². The number of carbonyl (C=O) groups is 2. The summed E-state index contributed by atoms with van der Waals surface area (Å²) in [6.07, 6.45) is 9.17. The van der Waals surface area contributed by atoms with Crippen LogP contribution in [0.25, 0.3) is 0 Å². The van der Waals surface area contributed by atoms with E-state index in [1.807, 2.05) is 6.92 Å². The van der Waals surface area contributed by atoms with Crippen molar-refractivity contribution in [1.82, 2.24) is 10.6 Å². The quantitative estimate of drug-likeness (QED) is 0.570. The summed E-state index contributed by atoms with van der Waals surface area (Å²) in [5.41, 5.74) is 0. The van der Waals surface area contributed by atoms with Crippen molar-refractivity contribution >= 4 is 11.8 Å². The summed E-state index contributed by atoms with van der Waals surface area (Å²) < 4.78 is 0. The number of carbonyl (C=O) groups excluding carboxylic acids is 2. The van der Waals surface area contributed by atoms with E-state index in [0.29, 0.717) is 11.7 Å². The Labute approximate surface area is 129 Å². The van der Waals surface area contributed by atoms with Crippen LogP contribution in [-0.2, 0) is 4.79 Å². The van der Waals surface area contributed by atoms with Gasteiger partial charge in [0.05, 0.1) is 6.04 Å². The maximum absolute atomic E-state index is 12.2. The second kappa shape index (κ2) is 9.80. The van der Waals surface area contributed by atoms with Gasteiger partial charge < -0.3 is 10.6 Å². The lowest BCUT2D eigenvalue weighted by Crippen LogP contribution is -2.30. The third-order valence-electron chi connectivity index (χ3n) is 4.45. The molecule has 1 rings (SSSR count). The van der Waals surface area contributed by atoms with Crippen molar-refractivity contribution in [2.45, 2.75) is 90.6 Å². The highest BCUT2D eigenvalue weighted by Crippen LogP contribution is 2.19. The zero-order valence-electron chi connectivity index (χ0n) is 13.9. The largest absolute Gasteiger partial charge is 0.334 e. The lowest BCUT2D eigenvalue weighted by atomic mass is 9.90. The summed E-state index contributed by atoms with van der Waals surface area (Å²) in [5, 5.41) is 5.80. The molecule has 2 atom stereocenters. The van der Waals surface area contributed by atoms with Crippen LogP contribution in [0.4, 0.5) is 4.79 Å². The van der Waals surface area contributed by atoms with Crippen molar-refractivity contribution in [3.8, 4) is 0 Å². The van der Waals surface area contributed by atoms with Gasteiger partial charge in [-0.1, -0.05) is 39.5 Å². The molecule has 0 unspecified atom stereocenters. The molecule has 0 aromatic rings. The van der Waals surface area contributed by atoms with Crippen molar-refractivity contribution in [3.05, 3.63) is 0 Å². The highest BCUT2D eigenvalue weighted by atomic mass is 16.2. The number of unbranched alkanes of at least 4 members (excludes halogenated alkanes) is 2. The molecule has 0 saturated carbocycles. The zero-order chi connectivity index (χ0) is 15.7. The number of amides is 2. The molecule has 0 bridgehead atoms. The molecular weight excluding hydrogens is 264 g/mol. The van der Waals surface area contributed by atoms with Crippen LogP contribution in [-0.4, -0.2) is 23.9 Å². The Morgan fingerprint density at radius 2 is 1.76 bits per heavy atom. The fourth-order valence-corrected chi connectivity index (χ4v) is 3.17. The van der Waals surface area contributed by atoms with Gasteiger partial charge in [0.25, 0.3) is 0 Å². The number of hydrogen-bond donors (Lipinski definition) is 2. The molecule has 0 aliphatic carbocycles. The molecular formula is C17H32N2O2. The smallest absolute Gasteiger partial charge is 0.315 e. The Morgan fingerprint density at radius 1 is 1.10 bits per heavy atom. The SMILES string of the molecule is CCCC(CCC)C(=O)CCCCC[C@H]1NC(=O)N[C@H]1C. The topological polar surface area (TPSA) is 58.2 Å². The van der Waals surface area contributed by atoms with E-state index in [1.54, 1.807) is 0 Å². The fourth-order valence-electron chi connectivity index (χ4n) is 3.17. The van der Waals surface area contributed by atoms with Crippen molar-refractivity contribution < 1.29 is 9.59 Å². The minimum absolute atomic E-state index is 0.0512. The van der Waals surface area contributed by atoms with Gasteiger partial charge in [-0.05, 0) is 32.6 Å². The maximum Gasteiger partial charge on any atom is 0.315 e. The van der Waals surface area contributed by atoms with E-state index in [2.05, 4.69) is 24.5 Å². The second-order valence-electron chi connectivity index (χ2n) is 6.35. The van der Waals surface area contributed by atoms with Gasteiger partial charge in [-0.25, -0.2) is 4.79 Å². The van der Waals surface area contributed by atoms with Crippen LogP contribution in [0.3, 0.4) is 0 Å². The number of urea groups is 1. The average Bonchev–Trinajstić information content (AvgIpc) is 2.76. The van der Waals surface area contributed by atoms with Gasteiger partial charge in [0, 0.05) is 18.4 Å². The Balaban J connectivity index is 2.12. The third-order valence-corrected chi connectivity index (χ3v) is 4.45. The lowest BCUT2D eigenvalue weighted by Gasteiger charge is -2.15. The first kappa shape index (κ1) is 18.0. The Hall–Kier alpha value is -1.06. The predicted molar refractivity (Wildman–Crippen MR) is 86.3 cm³/mol. The number of rotatable bonds is 11. The molecule has 0 spiro atoms. The van der Waals surface area contributed by atoms with Crippen molar-refractivity contribution in [2.24, 2.45) is 5.92 Å². The molecule has 21 heavy (non-hydrogen) atoms. The van der Waals surface area contributed by atoms with E-state index in [0.717, 1.165) is 57.8 Å². The van der Waals surface area contributed by atoms with E-state index in [9.17, 15) is 9.59 Å². The summed E-state index contributed by atoms with van der Waals surface area (Å²) >= 11 is 0. The van der Waals surface area contributed by atoms with E-state index in [-0.39, 0.29) is 18.1 Å². The van der Waals surface area contributed by atoms with Gasteiger partial charge in [0.15, 0.2) is 0 Å². The Morgan fingerprint density at radius 3 is 2.29 bits per heavy atom. The van der Waals surface area contributed by atoms with E-state index < -0.39 is 0 Å². The Kier molecular flexibility index (Phi) is 8.40. The zero-order valence-corrected chi connectivity index (χ0v) is 13.9. The molecule has 122 valence electrons. The minimum Gasteiger partial charge on any atom is -0.334 e. The molecule has 0 aromatic heterocycles. The van der Waals surface area contributed by atoms with Crippen molar-refractivity contribution in [1.29, 1.82) is 0 Å². The maximum atomic E-state index is 12.2. The summed E-state index contributed by atoms with van der Waals surface area (Å²) in [4.78, 5) is 23.3. The summed E-state index contributed by atoms with van der Waals surface area (Å²) in [5.74, 6) is 0.751. The highest BCUT2D eigenvalue weighted by Gasteiger charge is 2.26. The van der Waals surface area contributed by atoms with Crippen LogP contribution in [0.1, 0.15) is 78.6 Å². The fraction of sp³-hybridized carbons (Fsp3) is 0.882. The molecule has 4 nitrogen and oxygen atoms in total. The third kappa shape index (κ3) is 6.49. The van der Waals surface area contributed by atoms with Gasteiger partial charge in [-0.2, -0.15) is 0 Å². The van der Waals surface area contributed by atoms with Crippen molar-refractivity contribution in [2.75, 3.05) is 0 Å². The molecule has 0 aromatic carbocycles. The van der Waals surface area contributed by atoms with Gasteiger partial charge in [-0.15, -0.1) is 0 Å². The molecule has 2 amide bonds. The van der Waals surface area contributed by atoms with Crippen LogP contribution in [0, 0.1) is 5.92 Å². The number of ketones is 1. The molecule has 1 fully saturated rings. The lowest BCUT2D eigenvalue weighted by molar-refractivity contribution is -0.123. The number of nitrogens with one attached hydrogen (secondary N) is 2. The molecule has 1 saturated heterocycles. The molecule has 1 aliphatic heterocycles. The monoisotopic (exact) mass is 296 g/mol. The van der Waals surface area contributed by atoms with Gasteiger partial charge in [0.2, 0.25) is 0 Å². The van der Waals surface area contributed by atoms with Crippen LogP contribution in [0.5, 0.6) is 0 Å². The van der Waals surface area contributed by atoms with Crippen LogP contribution >= 0.6 is 0 Å². The molecule has 1 aliphatic rings. The second-order valence-corrected chi connectivity index (χ2v) is 6.35. The standard InChI is InChI=1S/C17H32N2O2/c1-4-9-14(10-5-2)16(20)12-8-6-7-11-15-13(3)18-17(21)19-15/h13-15H,4-12H2,1-3H3,(H2,18,19,21)/t13-,15+/m0/s1. The highest BCUT2D eigenvalue weighted by molar-refractivity contribution is 5.80. The molecule has 0 radical (unpaired) electrons. The van der Waals surface area contributed by atoms with E-state index in [4.69, 9.17) is 0 Å². The minimum atomic E-state index is -0.0512. The summed E-state index contributed by atoms with van der Waals surface area (Å²) in [7, 11) is 0. The summed E-state index contributed by atoms with van der Waals surface area (Å²) in [6.45, 7) is 6.34. The molecule has 4 heteroatoms. The number of Topliss-reactive ketones (excluding diaryl/α,β-unsaturated/α-hetero) is 1. The van der Waals surface area contributed by atoms with Crippen molar-refractivity contribution in [3.63, 3.8) is 0 Å². The first-order valence-corrected chi connectivity index (χ1v) is 8.68. The van der Waals surface area contributed by atoms with Gasteiger partial charge in [-0.3, -0.25) is 4.79 Å². The average molecular weight is 296 g/mol.